The molecule has 1 amide bonds. The van der Waals surface area contributed by atoms with Gasteiger partial charge in [-0.15, -0.1) is 0 Å². The molecule has 0 saturated carbocycles. The summed E-state index contributed by atoms with van der Waals surface area (Å²) in [5.41, 5.74) is 7.27. The van der Waals surface area contributed by atoms with E-state index in [1.165, 1.54) is 0 Å². The fourth-order valence-electron chi connectivity index (χ4n) is 2.89. The third kappa shape index (κ3) is 3.27. The van der Waals surface area contributed by atoms with Crippen molar-refractivity contribution in [2.45, 2.75) is 39.3 Å². The summed E-state index contributed by atoms with van der Waals surface area (Å²) in [6.45, 7) is 8.77. The maximum Gasteiger partial charge on any atom is 0.245 e. The van der Waals surface area contributed by atoms with E-state index in [0.717, 1.165) is 18.7 Å². The molecule has 1 aromatic rings. The second kappa shape index (κ2) is 7.04. The fraction of sp³-hybridized carbons (Fsp3) is 0.733. The van der Waals surface area contributed by atoms with Gasteiger partial charge in [0.2, 0.25) is 5.91 Å². The summed E-state index contributed by atoms with van der Waals surface area (Å²) in [7, 11) is 0. The number of ether oxygens (including phenoxy) is 1. The van der Waals surface area contributed by atoms with Gasteiger partial charge in [-0.05, 0) is 27.2 Å². The monoisotopic (exact) mass is 294 g/mol. The fourth-order valence-corrected chi connectivity index (χ4v) is 2.89. The van der Waals surface area contributed by atoms with Crippen LogP contribution in [0.25, 0.3) is 0 Å². The summed E-state index contributed by atoms with van der Waals surface area (Å²) in [5, 5.41) is 0. The Morgan fingerprint density at radius 1 is 1.57 bits per heavy atom. The van der Waals surface area contributed by atoms with E-state index in [4.69, 9.17) is 10.5 Å². The lowest BCUT2D eigenvalue weighted by molar-refractivity contribution is -0.133. The zero-order valence-electron chi connectivity index (χ0n) is 13.2. The largest absolute Gasteiger partial charge is 0.381 e. The summed E-state index contributed by atoms with van der Waals surface area (Å²) >= 11 is 0. The lowest BCUT2D eigenvalue weighted by atomic mass is 9.97. The molecule has 0 radical (unpaired) electrons. The highest BCUT2D eigenvalue weighted by molar-refractivity contribution is 5.80. The zero-order chi connectivity index (χ0) is 15.4. The Kier molecular flexibility index (Phi) is 5.36. The molecule has 1 aliphatic heterocycles. The van der Waals surface area contributed by atoms with E-state index in [-0.39, 0.29) is 18.0 Å². The van der Waals surface area contributed by atoms with E-state index in [0.29, 0.717) is 25.6 Å². The molecule has 0 bridgehead atoms. The van der Waals surface area contributed by atoms with Gasteiger partial charge in [-0.2, -0.15) is 0 Å². The molecule has 21 heavy (non-hydrogen) atoms. The highest BCUT2D eigenvalue weighted by Gasteiger charge is 2.29. The van der Waals surface area contributed by atoms with Crippen molar-refractivity contribution in [2.24, 2.45) is 11.7 Å². The average molecular weight is 294 g/mol. The summed E-state index contributed by atoms with van der Waals surface area (Å²) in [6.07, 6.45) is 4.44. The van der Waals surface area contributed by atoms with E-state index in [1.807, 2.05) is 30.2 Å². The van der Waals surface area contributed by atoms with Gasteiger partial charge in [-0.25, -0.2) is 4.98 Å². The number of nitrogens with zero attached hydrogens (tertiary/aromatic N) is 3. The zero-order valence-corrected chi connectivity index (χ0v) is 13.2. The molecule has 1 aromatic heterocycles. The van der Waals surface area contributed by atoms with Crippen molar-refractivity contribution in [1.29, 1.82) is 0 Å². The first-order chi connectivity index (χ1) is 10.1. The van der Waals surface area contributed by atoms with Gasteiger partial charge in [0, 0.05) is 31.8 Å². The lowest BCUT2D eigenvalue weighted by Gasteiger charge is -2.26. The molecular formula is C15H26N4O2. The van der Waals surface area contributed by atoms with Crippen LogP contribution < -0.4 is 5.73 Å². The van der Waals surface area contributed by atoms with Gasteiger partial charge in [0.05, 0.1) is 24.7 Å². The van der Waals surface area contributed by atoms with Crippen LogP contribution in [0.1, 0.15) is 45.0 Å². The number of hydrogen-bond donors (Lipinski definition) is 1. The number of carbonyl (C=O) groups excluding carboxylic acids is 1. The lowest BCUT2D eigenvalue weighted by Crippen LogP contribution is -2.37. The van der Waals surface area contributed by atoms with Crippen molar-refractivity contribution < 1.29 is 9.53 Å². The van der Waals surface area contributed by atoms with Gasteiger partial charge >= 0.3 is 0 Å². The van der Waals surface area contributed by atoms with Crippen molar-refractivity contribution in [3.63, 3.8) is 0 Å². The Balaban J connectivity index is 2.17. The third-order valence-corrected chi connectivity index (χ3v) is 4.36. The standard InChI is InChI=1S/C15H26N4O2/c1-4-18(5-2)15(20)11(3)19-10-17-8-13(19)14(16)12-6-7-21-9-12/h8,10-12,14H,4-7,9,16H2,1-3H3. The molecule has 118 valence electrons. The summed E-state index contributed by atoms with van der Waals surface area (Å²) in [4.78, 5) is 18.5. The van der Waals surface area contributed by atoms with Crippen molar-refractivity contribution in [3.05, 3.63) is 18.2 Å². The molecule has 1 saturated heterocycles. The minimum absolute atomic E-state index is 0.106. The number of nitrogens with two attached hydrogens (primary N) is 1. The minimum atomic E-state index is -0.282. The van der Waals surface area contributed by atoms with Gasteiger partial charge in [0.1, 0.15) is 6.04 Å². The highest BCUT2D eigenvalue weighted by atomic mass is 16.5. The number of likely N-dealkylation sites (N-methyl/N-ethyl adjacent to an activating group) is 1. The maximum absolute atomic E-state index is 12.5. The maximum atomic E-state index is 12.5. The Morgan fingerprint density at radius 2 is 2.29 bits per heavy atom. The number of amides is 1. The van der Waals surface area contributed by atoms with Gasteiger partial charge in [-0.1, -0.05) is 0 Å². The Hall–Kier alpha value is -1.40. The second-order valence-electron chi connectivity index (χ2n) is 5.56. The average Bonchev–Trinajstić information content (AvgIpc) is 3.18. The van der Waals surface area contributed by atoms with Crippen molar-refractivity contribution >= 4 is 5.91 Å². The van der Waals surface area contributed by atoms with Crippen LogP contribution in [-0.4, -0.2) is 46.7 Å². The summed E-state index contributed by atoms with van der Waals surface area (Å²) in [5.74, 6) is 0.408. The molecule has 6 heteroatoms. The van der Waals surface area contributed by atoms with Crippen LogP contribution in [0.4, 0.5) is 0 Å². The molecule has 1 fully saturated rings. The van der Waals surface area contributed by atoms with Crippen molar-refractivity contribution in [3.8, 4) is 0 Å². The predicted molar refractivity (Wildman–Crippen MR) is 80.7 cm³/mol. The molecule has 0 aromatic carbocycles. The van der Waals surface area contributed by atoms with Crippen LogP contribution in [0.15, 0.2) is 12.5 Å². The molecule has 1 aliphatic rings. The summed E-state index contributed by atoms with van der Waals surface area (Å²) in [6, 6.07) is -0.419. The molecule has 2 heterocycles. The third-order valence-electron chi connectivity index (χ3n) is 4.36. The molecule has 2 rings (SSSR count). The second-order valence-corrected chi connectivity index (χ2v) is 5.56. The van der Waals surface area contributed by atoms with E-state index in [9.17, 15) is 4.79 Å². The van der Waals surface area contributed by atoms with Gasteiger partial charge in [0.15, 0.2) is 0 Å². The van der Waals surface area contributed by atoms with Crippen molar-refractivity contribution in [1.82, 2.24) is 14.5 Å². The molecule has 0 aliphatic carbocycles. The Bertz CT molecular complexity index is 464. The molecule has 3 unspecified atom stereocenters. The van der Waals surface area contributed by atoms with Crippen LogP contribution in [-0.2, 0) is 9.53 Å². The molecule has 0 spiro atoms. The smallest absolute Gasteiger partial charge is 0.245 e. The Morgan fingerprint density at radius 3 is 2.86 bits per heavy atom. The van der Waals surface area contributed by atoms with Gasteiger partial charge < -0.3 is 19.9 Å². The molecule has 2 N–H and O–H groups in total. The predicted octanol–water partition coefficient (Wildman–Crippen LogP) is 1.35. The van der Waals surface area contributed by atoms with Gasteiger partial charge in [0.25, 0.3) is 0 Å². The quantitative estimate of drug-likeness (QED) is 0.859. The van der Waals surface area contributed by atoms with Gasteiger partial charge in [-0.3, -0.25) is 4.79 Å². The Labute approximate surface area is 126 Å². The first-order valence-electron chi connectivity index (χ1n) is 7.73. The van der Waals surface area contributed by atoms with Crippen molar-refractivity contribution in [2.75, 3.05) is 26.3 Å². The van der Waals surface area contributed by atoms with Crippen LogP contribution in [0.5, 0.6) is 0 Å². The van der Waals surface area contributed by atoms with E-state index < -0.39 is 0 Å². The molecule has 3 atom stereocenters. The topological polar surface area (TPSA) is 73.4 Å². The number of hydrogen-bond acceptors (Lipinski definition) is 4. The SMILES string of the molecule is CCN(CC)C(=O)C(C)n1cncc1C(N)C1CCOC1. The summed E-state index contributed by atoms with van der Waals surface area (Å²) < 4.78 is 7.32. The first kappa shape index (κ1) is 16.0. The van der Waals surface area contributed by atoms with Crippen LogP contribution >= 0.6 is 0 Å². The highest BCUT2D eigenvalue weighted by Crippen LogP contribution is 2.28. The normalized spacial score (nSPS) is 21.2. The van der Waals surface area contributed by atoms with Crippen LogP contribution in [0.2, 0.25) is 0 Å². The number of imidazole rings is 1. The van der Waals surface area contributed by atoms with Crippen LogP contribution in [0, 0.1) is 5.92 Å². The first-order valence-corrected chi connectivity index (χ1v) is 7.73. The van der Waals surface area contributed by atoms with E-state index >= 15 is 0 Å². The van der Waals surface area contributed by atoms with E-state index in [2.05, 4.69) is 4.98 Å². The minimum Gasteiger partial charge on any atom is -0.381 e. The van der Waals surface area contributed by atoms with Crippen LogP contribution in [0.3, 0.4) is 0 Å². The van der Waals surface area contributed by atoms with E-state index in [1.54, 1.807) is 12.5 Å². The number of carbonyl (C=O) groups is 1. The molecular weight excluding hydrogens is 268 g/mol. The number of rotatable bonds is 6. The molecule has 6 nitrogen and oxygen atoms in total. The number of aromatic nitrogens is 2.